The topological polar surface area (TPSA) is 64.0 Å². The quantitative estimate of drug-likeness (QED) is 0.685. The lowest BCUT2D eigenvalue weighted by molar-refractivity contribution is -0.118. The molecule has 1 aromatic heterocycles. The normalized spacial score (nSPS) is 25.7. The van der Waals surface area contributed by atoms with E-state index in [1.165, 1.54) is 6.42 Å². The van der Waals surface area contributed by atoms with Gasteiger partial charge in [0, 0.05) is 18.8 Å². The SMILES string of the molecule is Cc1nn(C)c(C)c1C(=O)C(=O)N[C@@H]1CCC[C@@H](C)[C@@H]1C. The number of Topliss-reactive ketones (excluding diaryl/α,β-unsaturated/α-hetero) is 1. The molecular formula is C16H25N3O2. The minimum Gasteiger partial charge on any atom is -0.346 e. The third kappa shape index (κ3) is 3.01. The van der Waals surface area contributed by atoms with Gasteiger partial charge in [0.2, 0.25) is 0 Å². The van der Waals surface area contributed by atoms with Gasteiger partial charge in [-0.1, -0.05) is 26.7 Å². The Balaban J connectivity index is 2.11. The summed E-state index contributed by atoms with van der Waals surface area (Å²) >= 11 is 0. The zero-order chi connectivity index (χ0) is 15.7. The van der Waals surface area contributed by atoms with E-state index < -0.39 is 11.7 Å². The van der Waals surface area contributed by atoms with Crippen LogP contribution in [0.4, 0.5) is 0 Å². The summed E-state index contributed by atoms with van der Waals surface area (Å²) in [4.78, 5) is 24.7. The first-order valence-corrected chi connectivity index (χ1v) is 7.68. The van der Waals surface area contributed by atoms with E-state index in [0.29, 0.717) is 23.1 Å². The Morgan fingerprint density at radius 3 is 2.48 bits per heavy atom. The number of nitrogens with one attached hydrogen (secondary N) is 1. The van der Waals surface area contributed by atoms with Crippen LogP contribution in [0.2, 0.25) is 0 Å². The molecule has 2 rings (SSSR count). The van der Waals surface area contributed by atoms with Crippen molar-refractivity contribution >= 4 is 11.7 Å². The van der Waals surface area contributed by atoms with Crippen molar-refractivity contribution in [3.8, 4) is 0 Å². The van der Waals surface area contributed by atoms with E-state index in [4.69, 9.17) is 0 Å². The molecule has 1 aromatic rings. The molecule has 0 unspecified atom stereocenters. The number of aromatic nitrogens is 2. The number of carbonyl (C=O) groups is 2. The minimum absolute atomic E-state index is 0.0995. The van der Waals surface area contributed by atoms with Crippen LogP contribution in [0.5, 0.6) is 0 Å². The summed E-state index contributed by atoms with van der Waals surface area (Å²) in [6, 6.07) is 0.0995. The molecule has 0 radical (unpaired) electrons. The highest BCUT2D eigenvalue weighted by Crippen LogP contribution is 2.29. The van der Waals surface area contributed by atoms with E-state index in [1.807, 2.05) is 6.92 Å². The van der Waals surface area contributed by atoms with E-state index in [2.05, 4.69) is 24.3 Å². The molecule has 5 nitrogen and oxygen atoms in total. The number of amides is 1. The Morgan fingerprint density at radius 2 is 1.90 bits per heavy atom. The van der Waals surface area contributed by atoms with Crippen molar-refractivity contribution in [3.63, 3.8) is 0 Å². The van der Waals surface area contributed by atoms with Gasteiger partial charge in [-0.05, 0) is 32.1 Å². The zero-order valence-electron chi connectivity index (χ0n) is 13.6. The van der Waals surface area contributed by atoms with Gasteiger partial charge in [-0.25, -0.2) is 0 Å². The Labute approximate surface area is 126 Å². The van der Waals surface area contributed by atoms with Gasteiger partial charge < -0.3 is 5.32 Å². The second-order valence-electron chi connectivity index (χ2n) is 6.35. The van der Waals surface area contributed by atoms with Crippen LogP contribution in [0.25, 0.3) is 0 Å². The summed E-state index contributed by atoms with van der Waals surface area (Å²) in [6.45, 7) is 7.94. The number of carbonyl (C=O) groups excluding carboxylic acids is 2. The number of nitrogens with zero attached hydrogens (tertiary/aromatic N) is 2. The van der Waals surface area contributed by atoms with Gasteiger partial charge in [0.25, 0.3) is 11.7 Å². The zero-order valence-corrected chi connectivity index (χ0v) is 13.6. The van der Waals surface area contributed by atoms with Gasteiger partial charge in [-0.3, -0.25) is 14.3 Å². The molecule has 0 saturated heterocycles. The molecule has 0 bridgehead atoms. The van der Waals surface area contributed by atoms with Gasteiger partial charge in [0.15, 0.2) is 0 Å². The Kier molecular flexibility index (Phi) is 4.49. The predicted octanol–water partition coefficient (Wildman–Crippen LogP) is 2.16. The van der Waals surface area contributed by atoms with Crippen molar-refractivity contribution in [3.05, 3.63) is 17.0 Å². The van der Waals surface area contributed by atoms with Crippen LogP contribution in [-0.2, 0) is 11.8 Å². The first kappa shape index (κ1) is 15.7. The van der Waals surface area contributed by atoms with Gasteiger partial charge in [-0.15, -0.1) is 0 Å². The third-order valence-corrected chi connectivity index (χ3v) is 4.97. The molecule has 1 amide bonds. The molecule has 3 atom stereocenters. The molecule has 1 aliphatic carbocycles. The van der Waals surface area contributed by atoms with Crippen LogP contribution in [0.3, 0.4) is 0 Å². The summed E-state index contributed by atoms with van der Waals surface area (Å²) in [7, 11) is 1.78. The fourth-order valence-electron chi connectivity index (χ4n) is 3.24. The molecule has 1 saturated carbocycles. The molecular weight excluding hydrogens is 266 g/mol. The fourth-order valence-corrected chi connectivity index (χ4v) is 3.24. The molecule has 5 heteroatoms. The predicted molar refractivity (Wildman–Crippen MR) is 81.1 cm³/mol. The van der Waals surface area contributed by atoms with Crippen molar-refractivity contribution in [2.45, 2.75) is 53.0 Å². The van der Waals surface area contributed by atoms with Gasteiger partial charge in [0.1, 0.15) is 0 Å². The molecule has 1 fully saturated rings. The van der Waals surface area contributed by atoms with Crippen LogP contribution < -0.4 is 5.32 Å². The highest BCUT2D eigenvalue weighted by atomic mass is 16.2. The molecule has 0 spiro atoms. The monoisotopic (exact) mass is 291 g/mol. The molecule has 0 aliphatic heterocycles. The number of aryl methyl sites for hydroxylation is 2. The van der Waals surface area contributed by atoms with E-state index in [1.54, 1.807) is 18.7 Å². The smallest absolute Gasteiger partial charge is 0.292 e. The summed E-state index contributed by atoms with van der Waals surface area (Å²) in [5.41, 5.74) is 1.78. The third-order valence-electron chi connectivity index (χ3n) is 4.97. The number of ketones is 1. The van der Waals surface area contributed by atoms with Crippen molar-refractivity contribution in [2.24, 2.45) is 18.9 Å². The Hall–Kier alpha value is -1.65. The highest BCUT2D eigenvalue weighted by Gasteiger charge is 2.31. The first-order chi connectivity index (χ1) is 9.82. The summed E-state index contributed by atoms with van der Waals surface area (Å²) in [6.07, 6.45) is 3.26. The Morgan fingerprint density at radius 1 is 1.24 bits per heavy atom. The largest absolute Gasteiger partial charge is 0.346 e. The summed E-state index contributed by atoms with van der Waals surface area (Å²) < 4.78 is 1.64. The maximum Gasteiger partial charge on any atom is 0.292 e. The van der Waals surface area contributed by atoms with Crippen LogP contribution >= 0.6 is 0 Å². The van der Waals surface area contributed by atoms with Crippen molar-refractivity contribution in [1.29, 1.82) is 0 Å². The van der Waals surface area contributed by atoms with Crippen molar-refractivity contribution < 1.29 is 9.59 Å². The number of hydrogen-bond acceptors (Lipinski definition) is 3. The number of rotatable bonds is 3. The number of hydrogen-bond donors (Lipinski definition) is 1. The second kappa shape index (κ2) is 6.00. The lowest BCUT2D eigenvalue weighted by atomic mass is 9.78. The lowest BCUT2D eigenvalue weighted by Gasteiger charge is -2.34. The standard InChI is InChI=1S/C16H25N3O2/c1-9-7-6-8-13(10(9)2)17-16(21)15(20)14-11(3)18-19(5)12(14)4/h9-10,13H,6-8H2,1-5H3,(H,17,21)/t9-,10+,13-/m1/s1. The van der Waals surface area contributed by atoms with Gasteiger partial charge in [0.05, 0.1) is 11.3 Å². The lowest BCUT2D eigenvalue weighted by Crippen LogP contribution is -2.46. The molecule has 21 heavy (non-hydrogen) atoms. The van der Waals surface area contributed by atoms with E-state index in [-0.39, 0.29) is 6.04 Å². The molecule has 116 valence electrons. The highest BCUT2D eigenvalue weighted by molar-refractivity contribution is 6.43. The van der Waals surface area contributed by atoms with Crippen LogP contribution in [0, 0.1) is 25.7 Å². The van der Waals surface area contributed by atoms with Crippen LogP contribution in [-0.4, -0.2) is 27.5 Å². The molecule has 1 aliphatic rings. The van der Waals surface area contributed by atoms with Crippen LogP contribution in [0.15, 0.2) is 0 Å². The fraction of sp³-hybridized carbons (Fsp3) is 0.688. The van der Waals surface area contributed by atoms with Gasteiger partial charge in [-0.2, -0.15) is 5.10 Å². The average molecular weight is 291 g/mol. The van der Waals surface area contributed by atoms with E-state index in [9.17, 15) is 9.59 Å². The summed E-state index contributed by atoms with van der Waals surface area (Å²) in [5.74, 6) is 0.0243. The molecule has 1 heterocycles. The molecule has 0 aromatic carbocycles. The minimum atomic E-state index is -0.500. The van der Waals surface area contributed by atoms with E-state index in [0.717, 1.165) is 18.5 Å². The van der Waals surface area contributed by atoms with Gasteiger partial charge >= 0.3 is 0 Å². The van der Waals surface area contributed by atoms with Crippen molar-refractivity contribution in [1.82, 2.24) is 15.1 Å². The molecule has 1 N–H and O–H groups in total. The van der Waals surface area contributed by atoms with Crippen LogP contribution in [0.1, 0.15) is 54.9 Å². The summed E-state index contributed by atoms with van der Waals surface area (Å²) in [5, 5.41) is 7.14. The maximum atomic E-state index is 12.4. The average Bonchev–Trinajstić information content (AvgIpc) is 2.68. The van der Waals surface area contributed by atoms with Crippen molar-refractivity contribution in [2.75, 3.05) is 0 Å². The van der Waals surface area contributed by atoms with E-state index >= 15 is 0 Å². The Bertz CT molecular complexity index is 562. The maximum absolute atomic E-state index is 12.4. The first-order valence-electron chi connectivity index (χ1n) is 7.68. The second-order valence-corrected chi connectivity index (χ2v) is 6.35.